The van der Waals surface area contributed by atoms with Gasteiger partial charge in [0.1, 0.15) is 0 Å². The van der Waals surface area contributed by atoms with Crippen molar-refractivity contribution in [3.8, 4) is 0 Å². The zero-order chi connectivity index (χ0) is 12.2. The van der Waals surface area contributed by atoms with Gasteiger partial charge in [0.2, 0.25) is 6.08 Å². The zero-order valence-electron chi connectivity index (χ0n) is 10.6. The molecule has 0 heterocycles. The lowest BCUT2D eigenvalue weighted by atomic mass is 9.74. The number of nitrogens with one attached hydrogen (secondary N) is 3. The fraction of sp³-hybridized carbons (Fsp3) is 0.909. The van der Waals surface area contributed by atoms with Crippen LogP contribution < -0.4 is 16.0 Å². The number of rotatable bonds is 4. The van der Waals surface area contributed by atoms with Gasteiger partial charge in [-0.1, -0.05) is 0 Å². The summed E-state index contributed by atoms with van der Waals surface area (Å²) in [6.07, 6.45) is 4.33. The van der Waals surface area contributed by atoms with Crippen molar-refractivity contribution in [2.45, 2.75) is 43.4 Å². The van der Waals surface area contributed by atoms with Gasteiger partial charge in [0.05, 0.1) is 11.2 Å². The Hall–Kier alpha value is -0.740. The highest BCUT2D eigenvalue weighted by molar-refractivity contribution is 5.35. The Balaban J connectivity index is 2.95. The first-order valence-corrected chi connectivity index (χ1v) is 5.67. The third-order valence-corrected chi connectivity index (χ3v) is 3.64. The van der Waals surface area contributed by atoms with Crippen LogP contribution in [0.15, 0.2) is 4.99 Å². The predicted molar refractivity (Wildman–Crippen MR) is 64.1 cm³/mol. The van der Waals surface area contributed by atoms with E-state index in [1.165, 1.54) is 0 Å². The lowest BCUT2D eigenvalue weighted by Crippen LogP contribution is -2.64. The van der Waals surface area contributed by atoms with E-state index in [0.29, 0.717) is 6.04 Å². The first-order valence-electron chi connectivity index (χ1n) is 5.67. The van der Waals surface area contributed by atoms with Crippen molar-refractivity contribution in [3.63, 3.8) is 0 Å². The van der Waals surface area contributed by atoms with Gasteiger partial charge in [0.15, 0.2) is 0 Å². The highest BCUT2D eigenvalue weighted by Gasteiger charge is 2.44. The van der Waals surface area contributed by atoms with Crippen molar-refractivity contribution in [3.05, 3.63) is 0 Å². The summed E-state index contributed by atoms with van der Waals surface area (Å²) in [4.78, 5) is 14.5. The molecule has 16 heavy (non-hydrogen) atoms. The standard InChI is InChI=1S/C11H22N4O/c1-10(15-8-16)5-9(12-2)6-11(7-10,13-3)14-4/h9,12-14H,5-7H2,1-4H3. The number of hydrogen-bond donors (Lipinski definition) is 3. The Morgan fingerprint density at radius 1 is 1.25 bits per heavy atom. The van der Waals surface area contributed by atoms with Crippen molar-refractivity contribution in [1.29, 1.82) is 0 Å². The minimum absolute atomic E-state index is 0.166. The fourth-order valence-electron chi connectivity index (χ4n) is 2.72. The molecule has 1 aliphatic rings. The Bertz CT molecular complexity index is 284. The summed E-state index contributed by atoms with van der Waals surface area (Å²) >= 11 is 0. The molecule has 92 valence electrons. The summed E-state index contributed by atoms with van der Waals surface area (Å²) in [5, 5.41) is 9.88. The Morgan fingerprint density at radius 3 is 2.31 bits per heavy atom. The van der Waals surface area contributed by atoms with Crippen molar-refractivity contribution in [2.75, 3.05) is 21.1 Å². The van der Waals surface area contributed by atoms with E-state index >= 15 is 0 Å². The molecule has 5 nitrogen and oxygen atoms in total. The van der Waals surface area contributed by atoms with Crippen LogP contribution in [-0.2, 0) is 4.79 Å². The average molecular weight is 226 g/mol. The minimum atomic E-state index is -0.348. The second kappa shape index (κ2) is 5.06. The molecule has 2 atom stereocenters. The molecule has 0 spiro atoms. The number of hydrogen-bond acceptors (Lipinski definition) is 5. The highest BCUT2D eigenvalue weighted by atomic mass is 16.1. The van der Waals surface area contributed by atoms with E-state index in [9.17, 15) is 4.79 Å². The third-order valence-electron chi connectivity index (χ3n) is 3.64. The largest absolute Gasteiger partial charge is 0.317 e. The molecule has 1 aliphatic carbocycles. The fourth-order valence-corrected chi connectivity index (χ4v) is 2.72. The van der Waals surface area contributed by atoms with Gasteiger partial charge < -0.3 is 16.0 Å². The van der Waals surface area contributed by atoms with Crippen LogP contribution in [0, 0.1) is 0 Å². The molecule has 0 aliphatic heterocycles. The van der Waals surface area contributed by atoms with Crippen LogP contribution in [0.5, 0.6) is 0 Å². The molecule has 0 aromatic heterocycles. The van der Waals surface area contributed by atoms with Crippen LogP contribution in [-0.4, -0.2) is 44.5 Å². The quantitative estimate of drug-likeness (QED) is 0.358. The highest BCUT2D eigenvalue weighted by Crippen LogP contribution is 2.36. The van der Waals surface area contributed by atoms with Gasteiger partial charge in [-0.25, -0.2) is 4.79 Å². The average Bonchev–Trinajstić information content (AvgIpc) is 2.28. The molecule has 1 rings (SSSR count). The molecule has 0 bridgehead atoms. The summed E-state index contributed by atoms with van der Waals surface area (Å²) in [6, 6.07) is 0.343. The summed E-state index contributed by atoms with van der Waals surface area (Å²) in [5.74, 6) is 0. The van der Waals surface area contributed by atoms with Gasteiger partial charge in [-0.2, -0.15) is 4.99 Å². The molecule has 2 unspecified atom stereocenters. The number of carbonyl (C=O) groups excluding carboxylic acids is 1. The molecule has 0 amide bonds. The third kappa shape index (κ3) is 2.68. The lowest BCUT2D eigenvalue weighted by molar-refractivity contribution is 0.120. The van der Waals surface area contributed by atoms with E-state index in [4.69, 9.17) is 0 Å². The lowest BCUT2D eigenvalue weighted by Gasteiger charge is -2.47. The SMILES string of the molecule is CNC1CC(C)(N=C=O)CC(NC)(NC)C1. The van der Waals surface area contributed by atoms with E-state index in [0.717, 1.165) is 19.3 Å². The maximum absolute atomic E-state index is 10.5. The van der Waals surface area contributed by atoms with Gasteiger partial charge in [0.25, 0.3) is 0 Å². The van der Waals surface area contributed by atoms with Crippen LogP contribution >= 0.6 is 0 Å². The molecule has 1 saturated carbocycles. The van der Waals surface area contributed by atoms with Crippen molar-refractivity contribution in [1.82, 2.24) is 16.0 Å². The van der Waals surface area contributed by atoms with E-state index in [2.05, 4.69) is 20.9 Å². The maximum atomic E-state index is 10.5. The molecule has 0 radical (unpaired) electrons. The molecule has 5 heteroatoms. The Morgan fingerprint density at radius 2 is 1.88 bits per heavy atom. The van der Waals surface area contributed by atoms with E-state index in [1.54, 1.807) is 6.08 Å². The van der Waals surface area contributed by atoms with Crippen LogP contribution in [0.2, 0.25) is 0 Å². The van der Waals surface area contributed by atoms with Crippen LogP contribution in [0.25, 0.3) is 0 Å². The topological polar surface area (TPSA) is 65.5 Å². The van der Waals surface area contributed by atoms with Gasteiger partial charge in [-0.05, 0) is 40.9 Å². The first-order chi connectivity index (χ1) is 7.53. The van der Waals surface area contributed by atoms with Crippen LogP contribution in [0.3, 0.4) is 0 Å². The minimum Gasteiger partial charge on any atom is -0.317 e. The summed E-state index contributed by atoms with van der Waals surface area (Å²) in [6.45, 7) is 2.00. The molecule has 0 aromatic rings. The summed E-state index contributed by atoms with van der Waals surface area (Å²) in [7, 11) is 5.80. The molecular formula is C11H22N4O. The van der Waals surface area contributed by atoms with E-state index in [1.807, 2.05) is 28.1 Å². The second-order valence-electron chi connectivity index (χ2n) is 4.85. The first kappa shape index (κ1) is 13.3. The van der Waals surface area contributed by atoms with Crippen molar-refractivity contribution < 1.29 is 4.79 Å². The molecular weight excluding hydrogens is 204 g/mol. The number of nitrogens with zero attached hydrogens (tertiary/aromatic N) is 1. The monoisotopic (exact) mass is 226 g/mol. The normalized spacial score (nSPS) is 33.1. The van der Waals surface area contributed by atoms with Crippen LogP contribution in [0.1, 0.15) is 26.2 Å². The number of isocyanates is 1. The molecule has 0 saturated heterocycles. The Labute approximate surface area is 97.1 Å². The van der Waals surface area contributed by atoms with Gasteiger partial charge in [0, 0.05) is 12.5 Å². The summed E-state index contributed by atoms with van der Waals surface area (Å²) in [5.41, 5.74) is -0.513. The van der Waals surface area contributed by atoms with E-state index < -0.39 is 0 Å². The van der Waals surface area contributed by atoms with Gasteiger partial charge in [-0.15, -0.1) is 0 Å². The van der Waals surface area contributed by atoms with Gasteiger partial charge in [-0.3, -0.25) is 0 Å². The predicted octanol–water partition coefficient (Wildman–Crippen LogP) is -0.0121. The smallest absolute Gasteiger partial charge is 0.235 e. The zero-order valence-corrected chi connectivity index (χ0v) is 10.6. The Kier molecular flexibility index (Phi) is 4.21. The molecule has 1 fully saturated rings. The van der Waals surface area contributed by atoms with Gasteiger partial charge >= 0.3 is 0 Å². The summed E-state index contributed by atoms with van der Waals surface area (Å²) < 4.78 is 0. The molecule has 0 aromatic carbocycles. The maximum Gasteiger partial charge on any atom is 0.235 e. The van der Waals surface area contributed by atoms with Crippen molar-refractivity contribution >= 4 is 6.08 Å². The molecule has 3 N–H and O–H groups in total. The van der Waals surface area contributed by atoms with Crippen molar-refractivity contribution in [2.24, 2.45) is 4.99 Å². The second-order valence-corrected chi connectivity index (χ2v) is 4.85. The number of aliphatic imine (C=N–C) groups is 1. The van der Waals surface area contributed by atoms with E-state index in [-0.39, 0.29) is 11.2 Å². The van der Waals surface area contributed by atoms with Crippen LogP contribution in [0.4, 0.5) is 0 Å².